The maximum absolute atomic E-state index is 6.49. The maximum atomic E-state index is 6.49. The molecular formula is C21H24Cl2N4. The zero-order valence-corrected chi connectivity index (χ0v) is 17.5. The van der Waals surface area contributed by atoms with Crippen molar-refractivity contribution in [1.29, 1.82) is 0 Å². The summed E-state index contributed by atoms with van der Waals surface area (Å²) >= 11 is 12.6. The molecule has 0 aliphatic carbocycles. The van der Waals surface area contributed by atoms with Crippen molar-refractivity contribution >= 4 is 39.9 Å². The Morgan fingerprint density at radius 2 is 2.00 bits per heavy atom. The number of rotatable bonds is 5. The van der Waals surface area contributed by atoms with Crippen LogP contribution in [0.2, 0.25) is 10.0 Å². The number of halogens is 2. The van der Waals surface area contributed by atoms with Gasteiger partial charge in [-0.15, -0.1) is 0 Å². The molecular weight excluding hydrogens is 379 g/mol. The first-order valence-corrected chi connectivity index (χ1v) is 10.4. The molecule has 1 aromatic carbocycles. The molecule has 0 spiro atoms. The summed E-state index contributed by atoms with van der Waals surface area (Å²) in [6, 6.07) is 8.20. The van der Waals surface area contributed by atoms with Crippen LogP contribution in [0.5, 0.6) is 0 Å². The predicted molar refractivity (Wildman–Crippen MR) is 114 cm³/mol. The SMILES string of the molecule is CCCCN1c2cc(C)nc3c(-c4ccc(Cl)cc4Cl)nn(c23)C[C@@H]1CC. The van der Waals surface area contributed by atoms with E-state index in [1.807, 2.05) is 19.1 Å². The van der Waals surface area contributed by atoms with Crippen LogP contribution in [-0.2, 0) is 6.54 Å². The van der Waals surface area contributed by atoms with E-state index in [1.165, 1.54) is 18.5 Å². The van der Waals surface area contributed by atoms with E-state index in [4.69, 9.17) is 33.3 Å². The molecule has 142 valence electrons. The zero-order valence-electron chi connectivity index (χ0n) is 16.0. The normalized spacial score (nSPS) is 16.3. The highest BCUT2D eigenvalue weighted by Crippen LogP contribution is 2.40. The monoisotopic (exact) mass is 402 g/mol. The third-order valence-electron chi connectivity index (χ3n) is 5.35. The van der Waals surface area contributed by atoms with E-state index in [9.17, 15) is 0 Å². The van der Waals surface area contributed by atoms with E-state index in [0.29, 0.717) is 16.1 Å². The average molecular weight is 403 g/mol. The molecule has 1 aliphatic rings. The van der Waals surface area contributed by atoms with Crippen LogP contribution in [0, 0.1) is 6.92 Å². The number of hydrogen-bond acceptors (Lipinski definition) is 3. The van der Waals surface area contributed by atoms with Crippen molar-refractivity contribution < 1.29 is 0 Å². The molecule has 0 N–H and O–H groups in total. The summed E-state index contributed by atoms with van der Waals surface area (Å²) in [5.74, 6) is 0. The fraction of sp³-hybridized carbons (Fsp3) is 0.429. The number of aryl methyl sites for hydroxylation is 1. The number of pyridine rings is 1. The van der Waals surface area contributed by atoms with Gasteiger partial charge in [0, 0.05) is 28.9 Å². The fourth-order valence-electron chi connectivity index (χ4n) is 3.98. The zero-order chi connectivity index (χ0) is 19.1. The van der Waals surface area contributed by atoms with Crippen LogP contribution in [0.3, 0.4) is 0 Å². The predicted octanol–water partition coefficient (Wildman–Crippen LogP) is 6.11. The van der Waals surface area contributed by atoms with E-state index in [2.05, 4.69) is 29.5 Å². The summed E-state index contributed by atoms with van der Waals surface area (Å²) in [4.78, 5) is 7.39. The molecule has 1 aliphatic heterocycles. The van der Waals surface area contributed by atoms with Gasteiger partial charge in [0.05, 0.1) is 17.3 Å². The number of benzene rings is 1. The third kappa shape index (κ3) is 3.19. The summed E-state index contributed by atoms with van der Waals surface area (Å²) in [5, 5.41) is 6.16. The van der Waals surface area contributed by atoms with Crippen molar-refractivity contribution in [3.63, 3.8) is 0 Å². The molecule has 0 saturated carbocycles. The number of nitrogens with zero attached hydrogens (tertiary/aromatic N) is 4. The van der Waals surface area contributed by atoms with Crippen molar-refractivity contribution in [2.45, 2.75) is 52.6 Å². The molecule has 0 bridgehead atoms. The fourth-order valence-corrected chi connectivity index (χ4v) is 4.47. The highest BCUT2D eigenvalue weighted by atomic mass is 35.5. The molecule has 27 heavy (non-hydrogen) atoms. The van der Waals surface area contributed by atoms with Crippen LogP contribution in [0.25, 0.3) is 22.3 Å². The molecule has 0 saturated heterocycles. The number of hydrogen-bond donors (Lipinski definition) is 0. The lowest BCUT2D eigenvalue weighted by Gasteiger charge is -2.37. The Bertz CT molecular complexity index is 996. The summed E-state index contributed by atoms with van der Waals surface area (Å²) in [5.41, 5.74) is 6.00. The van der Waals surface area contributed by atoms with E-state index in [-0.39, 0.29) is 0 Å². The maximum Gasteiger partial charge on any atom is 0.120 e. The number of aromatic nitrogens is 3. The second-order valence-electron chi connectivity index (χ2n) is 7.24. The van der Waals surface area contributed by atoms with Crippen molar-refractivity contribution in [2.24, 2.45) is 0 Å². The molecule has 4 rings (SSSR count). The molecule has 2 aromatic heterocycles. The van der Waals surface area contributed by atoms with Gasteiger partial charge in [-0.25, -0.2) is 4.98 Å². The second kappa shape index (κ2) is 7.33. The van der Waals surface area contributed by atoms with Gasteiger partial charge in [-0.3, -0.25) is 4.68 Å². The van der Waals surface area contributed by atoms with Gasteiger partial charge in [0.1, 0.15) is 16.7 Å². The van der Waals surface area contributed by atoms with Crippen molar-refractivity contribution in [1.82, 2.24) is 14.8 Å². The lowest BCUT2D eigenvalue weighted by atomic mass is 10.1. The highest BCUT2D eigenvalue weighted by molar-refractivity contribution is 6.36. The van der Waals surface area contributed by atoms with Gasteiger partial charge in [-0.2, -0.15) is 5.10 Å². The van der Waals surface area contributed by atoms with Gasteiger partial charge >= 0.3 is 0 Å². The Morgan fingerprint density at radius 3 is 2.70 bits per heavy atom. The molecule has 0 fully saturated rings. The lowest BCUT2D eigenvalue weighted by molar-refractivity contribution is 0.455. The first-order chi connectivity index (χ1) is 13.0. The smallest absolute Gasteiger partial charge is 0.120 e. The molecule has 4 nitrogen and oxygen atoms in total. The molecule has 3 aromatic rings. The Kier molecular flexibility index (Phi) is 5.04. The van der Waals surface area contributed by atoms with E-state index in [1.54, 1.807) is 6.07 Å². The van der Waals surface area contributed by atoms with Gasteiger partial charge in [-0.05, 0) is 44.0 Å². The minimum Gasteiger partial charge on any atom is -0.365 e. The Morgan fingerprint density at radius 1 is 1.19 bits per heavy atom. The molecule has 6 heteroatoms. The average Bonchev–Trinajstić information content (AvgIpc) is 2.99. The highest BCUT2D eigenvalue weighted by Gasteiger charge is 2.30. The summed E-state index contributed by atoms with van der Waals surface area (Å²) in [6.07, 6.45) is 3.46. The summed E-state index contributed by atoms with van der Waals surface area (Å²) in [7, 11) is 0. The van der Waals surface area contributed by atoms with Crippen LogP contribution in [-0.4, -0.2) is 27.4 Å². The van der Waals surface area contributed by atoms with Gasteiger partial charge < -0.3 is 4.90 Å². The quantitative estimate of drug-likeness (QED) is 0.515. The second-order valence-corrected chi connectivity index (χ2v) is 8.09. The van der Waals surface area contributed by atoms with Crippen LogP contribution in [0.4, 0.5) is 5.69 Å². The van der Waals surface area contributed by atoms with E-state index < -0.39 is 0 Å². The molecule has 0 radical (unpaired) electrons. The first-order valence-electron chi connectivity index (χ1n) is 9.63. The first kappa shape index (κ1) is 18.6. The molecule has 1 atom stereocenters. The van der Waals surface area contributed by atoms with E-state index in [0.717, 1.165) is 47.5 Å². The summed E-state index contributed by atoms with van der Waals surface area (Å²) in [6.45, 7) is 8.48. The van der Waals surface area contributed by atoms with Crippen molar-refractivity contribution in [3.05, 3.63) is 40.0 Å². The standard InChI is InChI=1S/C21H24Cl2N4/c1-4-6-9-26-15(5-2)12-27-21-18(26)10-13(3)24-20(21)19(25-27)16-8-7-14(22)11-17(16)23/h7-8,10-11,15H,4-6,9,12H2,1-3H3/t15-/m0/s1. The van der Waals surface area contributed by atoms with Gasteiger partial charge in [-0.1, -0.05) is 43.5 Å². The van der Waals surface area contributed by atoms with Gasteiger partial charge in [0.25, 0.3) is 0 Å². The minimum atomic E-state index is 0.447. The summed E-state index contributed by atoms with van der Waals surface area (Å²) < 4.78 is 2.12. The minimum absolute atomic E-state index is 0.447. The van der Waals surface area contributed by atoms with E-state index >= 15 is 0 Å². The van der Waals surface area contributed by atoms with Crippen molar-refractivity contribution in [3.8, 4) is 11.3 Å². The molecule has 0 amide bonds. The lowest BCUT2D eigenvalue weighted by Crippen LogP contribution is -2.42. The van der Waals surface area contributed by atoms with Crippen LogP contribution in [0.1, 0.15) is 38.8 Å². The third-order valence-corrected chi connectivity index (χ3v) is 5.90. The number of anilines is 1. The molecule has 0 unspecified atom stereocenters. The van der Waals surface area contributed by atoms with Crippen LogP contribution >= 0.6 is 23.2 Å². The number of unbranched alkanes of at least 4 members (excludes halogenated alkanes) is 1. The topological polar surface area (TPSA) is 34.0 Å². The largest absolute Gasteiger partial charge is 0.365 e. The van der Waals surface area contributed by atoms with Crippen LogP contribution in [0.15, 0.2) is 24.3 Å². The Hall–Kier alpha value is -1.78. The van der Waals surface area contributed by atoms with Crippen molar-refractivity contribution in [2.75, 3.05) is 11.4 Å². The van der Waals surface area contributed by atoms with Gasteiger partial charge in [0.2, 0.25) is 0 Å². The molecule has 3 heterocycles. The van der Waals surface area contributed by atoms with Crippen LogP contribution < -0.4 is 4.90 Å². The Balaban J connectivity index is 1.94. The van der Waals surface area contributed by atoms with Gasteiger partial charge in [0.15, 0.2) is 0 Å². The Labute approximate surface area is 170 Å².